The number of pyridine rings is 1. The lowest BCUT2D eigenvalue weighted by Crippen LogP contribution is -2.35. The number of carboxylic acid groups (broad SMARTS) is 1. The van der Waals surface area contributed by atoms with Crippen LogP contribution in [0, 0.1) is 5.92 Å². The van der Waals surface area contributed by atoms with Crippen molar-refractivity contribution in [3.05, 3.63) is 94.2 Å². The van der Waals surface area contributed by atoms with E-state index in [9.17, 15) is 19.5 Å². The van der Waals surface area contributed by atoms with Crippen molar-refractivity contribution in [2.75, 3.05) is 25.7 Å². The minimum atomic E-state index is -1.02. The normalized spacial score (nSPS) is 11.7. The second kappa shape index (κ2) is 12.4. The van der Waals surface area contributed by atoms with Crippen molar-refractivity contribution in [2.45, 2.75) is 19.4 Å². The van der Waals surface area contributed by atoms with Crippen LogP contribution in [0.25, 0.3) is 22.4 Å². The number of carboxylic acids is 1. The summed E-state index contributed by atoms with van der Waals surface area (Å²) in [5, 5.41) is 11.8. The zero-order valence-corrected chi connectivity index (χ0v) is 22.1. The number of methoxy groups -OCH3 is 1. The molecular weight excluding hydrogens is 502 g/mol. The van der Waals surface area contributed by atoms with Crippen molar-refractivity contribution in [3.8, 4) is 22.4 Å². The Balaban J connectivity index is 1.61. The highest BCUT2D eigenvalue weighted by Gasteiger charge is 2.27. The van der Waals surface area contributed by atoms with Crippen LogP contribution in [0.3, 0.4) is 0 Å². The summed E-state index contributed by atoms with van der Waals surface area (Å²) in [4.78, 5) is 43.3. The van der Waals surface area contributed by atoms with Crippen LogP contribution in [-0.4, -0.2) is 47.3 Å². The Bertz CT molecular complexity index is 1460. The zero-order valence-electron chi connectivity index (χ0n) is 21.2. The maximum absolute atomic E-state index is 13.4. The maximum atomic E-state index is 13.4. The van der Waals surface area contributed by atoms with Crippen molar-refractivity contribution >= 4 is 28.3 Å². The van der Waals surface area contributed by atoms with Crippen molar-refractivity contribution < 1.29 is 19.4 Å². The van der Waals surface area contributed by atoms with Gasteiger partial charge in [0.15, 0.2) is 5.13 Å². The van der Waals surface area contributed by atoms with E-state index in [2.05, 4.69) is 0 Å². The fourth-order valence-corrected chi connectivity index (χ4v) is 5.08. The average Bonchev–Trinajstić information content (AvgIpc) is 3.42. The van der Waals surface area contributed by atoms with Crippen molar-refractivity contribution in [1.82, 2.24) is 9.55 Å². The molecule has 0 fully saturated rings. The first-order chi connectivity index (χ1) is 18.4. The molecule has 4 aromatic rings. The van der Waals surface area contributed by atoms with Crippen LogP contribution < -0.4 is 10.5 Å². The lowest BCUT2D eigenvalue weighted by atomic mass is 9.95. The van der Waals surface area contributed by atoms with Gasteiger partial charge in [0.1, 0.15) is 0 Å². The predicted octanol–water partition coefficient (Wildman–Crippen LogP) is 4.58. The molecule has 2 aromatic heterocycles. The molecule has 4 rings (SSSR count). The maximum Gasteiger partial charge on any atom is 0.304 e. The molecule has 0 saturated heterocycles. The smallest absolute Gasteiger partial charge is 0.304 e. The summed E-state index contributed by atoms with van der Waals surface area (Å²) in [5.74, 6) is -2.03. The number of hydrogen-bond acceptors (Lipinski definition) is 6. The molecule has 0 aliphatic carbocycles. The number of ether oxygens (including phenoxy) is 1. The Morgan fingerprint density at radius 1 is 1.05 bits per heavy atom. The monoisotopic (exact) mass is 531 g/mol. The van der Waals surface area contributed by atoms with Gasteiger partial charge in [0, 0.05) is 43.9 Å². The molecule has 0 bridgehead atoms. The number of thiazole rings is 1. The summed E-state index contributed by atoms with van der Waals surface area (Å²) < 4.78 is 6.74. The number of nitrogens with zero attached hydrogens (tertiary/aromatic N) is 3. The minimum Gasteiger partial charge on any atom is -0.481 e. The first-order valence-corrected chi connectivity index (χ1v) is 13.0. The van der Waals surface area contributed by atoms with E-state index < -0.39 is 11.9 Å². The van der Waals surface area contributed by atoms with Gasteiger partial charge in [0.25, 0.3) is 5.56 Å². The van der Waals surface area contributed by atoms with Crippen LogP contribution in [0.2, 0.25) is 0 Å². The van der Waals surface area contributed by atoms with Gasteiger partial charge in [-0.15, -0.1) is 11.3 Å². The number of aliphatic carboxylic acids is 1. The number of carbonyl (C=O) groups excluding carboxylic acids is 1. The van der Waals surface area contributed by atoms with Crippen LogP contribution in [-0.2, 0) is 27.3 Å². The largest absolute Gasteiger partial charge is 0.481 e. The van der Waals surface area contributed by atoms with Crippen LogP contribution in [0.1, 0.15) is 12.0 Å². The Morgan fingerprint density at radius 2 is 1.76 bits per heavy atom. The van der Waals surface area contributed by atoms with E-state index in [1.807, 2.05) is 66.2 Å². The SMILES string of the molecule is COCCn1cc(-c2ccccc2-c2csc(N(C)C(=O)[C@@H](CC(=O)O)Cc3ccccc3)n2)ccc1=O. The Hall–Kier alpha value is -4.08. The van der Waals surface area contributed by atoms with Crippen LogP contribution in [0.5, 0.6) is 0 Å². The van der Waals surface area contributed by atoms with Gasteiger partial charge in [-0.1, -0.05) is 54.6 Å². The highest BCUT2D eigenvalue weighted by atomic mass is 32.1. The van der Waals surface area contributed by atoms with Crippen LogP contribution in [0.15, 0.2) is 83.1 Å². The molecule has 0 spiro atoms. The standard InChI is InChI=1S/C29H29N3O5S/c1-31(28(36)22(17-27(34)35)16-20-8-4-3-5-9-20)29-30-25(19-38-29)24-11-7-6-10-23(24)21-12-13-26(33)32(18-21)14-15-37-2/h3-13,18-19,22H,14-17H2,1-2H3,(H,34,35)/t22-/m1/s1. The summed E-state index contributed by atoms with van der Waals surface area (Å²) in [6, 6.07) is 20.5. The Morgan fingerprint density at radius 3 is 2.47 bits per heavy atom. The number of aromatic nitrogens is 2. The Kier molecular flexibility index (Phi) is 8.83. The summed E-state index contributed by atoms with van der Waals surface area (Å²) in [7, 11) is 3.22. The molecule has 9 heteroatoms. The minimum absolute atomic E-state index is 0.106. The first-order valence-electron chi connectivity index (χ1n) is 12.2. The number of carbonyl (C=O) groups is 2. The molecule has 38 heavy (non-hydrogen) atoms. The predicted molar refractivity (Wildman–Crippen MR) is 148 cm³/mol. The van der Waals surface area contributed by atoms with E-state index in [1.54, 1.807) is 24.8 Å². The van der Waals surface area contributed by atoms with E-state index in [0.29, 0.717) is 30.4 Å². The van der Waals surface area contributed by atoms with Gasteiger partial charge in [-0.2, -0.15) is 0 Å². The molecule has 0 unspecified atom stereocenters. The van der Waals surface area contributed by atoms with Gasteiger partial charge in [0.05, 0.1) is 24.6 Å². The number of anilines is 1. The molecule has 2 heterocycles. The number of benzene rings is 2. The van der Waals surface area contributed by atoms with E-state index in [1.165, 1.54) is 22.3 Å². The molecule has 2 aromatic carbocycles. The zero-order chi connectivity index (χ0) is 27.1. The molecule has 196 valence electrons. The van der Waals surface area contributed by atoms with Gasteiger partial charge in [0.2, 0.25) is 5.91 Å². The Labute approximate surface area is 224 Å². The third kappa shape index (κ3) is 6.42. The average molecular weight is 532 g/mol. The lowest BCUT2D eigenvalue weighted by molar-refractivity contribution is -0.140. The van der Waals surface area contributed by atoms with Crippen LogP contribution >= 0.6 is 11.3 Å². The van der Waals surface area contributed by atoms with E-state index in [0.717, 1.165) is 22.3 Å². The van der Waals surface area contributed by atoms with Crippen molar-refractivity contribution in [3.63, 3.8) is 0 Å². The molecule has 0 saturated carbocycles. The van der Waals surface area contributed by atoms with Crippen molar-refractivity contribution in [1.29, 1.82) is 0 Å². The van der Waals surface area contributed by atoms with E-state index in [-0.39, 0.29) is 17.9 Å². The number of hydrogen-bond donors (Lipinski definition) is 1. The van der Waals surface area contributed by atoms with Crippen LogP contribution in [0.4, 0.5) is 5.13 Å². The number of amides is 1. The second-order valence-corrected chi connectivity index (χ2v) is 9.72. The summed E-state index contributed by atoms with van der Waals surface area (Å²) in [6.07, 6.45) is 1.87. The van der Waals surface area contributed by atoms with Gasteiger partial charge < -0.3 is 14.4 Å². The number of rotatable bonds is 11. The third-order valence-corrected chi connectivity index (χ3v) is 7.16. The van der Waals surface area contributed by atoms with Gasteiger partial charge in [-0.05, 0) is 29.2 Å². The van der Waals surface area contributed by atoms with Gasteiger partial charge in [-0.3, -0.25) is 19.3 Å². The highest BCUT2D eigenvalue weighted by molar-refractivity contribution is 7.14. The lowest BCUT2D eigenvalue weighted by Gasteiger charge is -2.21. The molecule has 0 aliphatic rings. The molecule has 1 N–H and O–H groups in total. The highest BCUT2D eigenvalue weighted by Crippen LogP contribution is 2.34. The first kappa shape index (κ1) is 27.0. The second-order valence-electron chi connectivity index (χ2n) is 8.88. The third-order valence-electron chi connectivity index (χ3n) is 6.24. The van der Waals surface area contributed by atoms with Gasteiger partial charge >= 0.3 is 5.97 Å². The summed E-state index contributed by atoms with van der Waals surface area (Å²) in [6.45, 7) is 0.869. The van der Waals surface area contributed by atoms with Gasteiger partial charge in [-0.25, -0.2) is 4.98 Å². The molecule has 0 radical (unpaired) electrons. The van der Waals surface area contributed by atoms with E-state index in [4.69, 9.17) is 9.72 Å². The topological polar surface area (TPSA) is 102 Å². The molecule has 8 nitrogen and oxygen atoms in total. The summed E-state index contributed by atoms with van der Waals surface area (Å²) in [5.41, 5.74) is 4.11. The summed E-state index contributed by atoms with van der Waals surface area (Å²) >= 11 is 1.32. The molecule has 1 amide bonds. The van der Waals surface area contributed by atoms with E-state index >= 15 is 0 Å². The van der Waals surface area contributed by atoms with Crippen molar-refractivity contribution in [2.24, 2.45) is 5.92 Å². The quantitative estimate of drug-likeness (QED) is 0.304. The fourth-order valence-electron chi connectivity index (χ4n) is 4.28. The molecular formula is C29H29N3O5S. The molecule has 1 atom stereocenters. The fraction of sp³-hybridized carbons (Fsp3) is 0.241. The molecule has 0 aliphatic heterocycles.